The quantitative estimate of drug-likeness (QED) is 0.744. The van der Waals surface area contributed by atoms with Gasteiger partial charge in [-0.2, -0.15) is 14.6 Å². The number of aromatic nitrogens is 4. The standard InChI is InChI=1S/C17H16N4O2/c1-2-12-9-16(21-17(20-12)18-10-19-21)23-13-6-7-14-11(8-13)4-3-5-15(14)22/h6-10H,2-5H2,1H3. The van der Waals surface area contributed by atoms with Crippen LogP contribution in [0, 0.1) is 0 Å². The molecule has 0 fully saturated rings. The van der Waals surface area contributed by atoms with Crippen LogP contribution >= 0.6 is 0 Å². The van der Waals surface area contributed by atoms with Gasteiger partial charge in [0, 0.05) is 23.7 Å². The van der Waals surface area contributed by atoms with Crippen LogP contribution < -0.4 is 4.74 Å². The van der Waals surface area contributed by atoms with Crippen LogP contribution in [0.1, 0.15) is 41.4 Å². The van der Waals surface area contributed by atoms with E-state index in [2.05, 4.69) is 15.1 Å². The lowest BCUT2D eigenvalue weighted by atomic mass is 9.91. The molecule has 0 aliphatic heterocycles. The van der Waals surface area contributed by atoms with Gasteiger partial charge in [-0.3, -0.25) is 4.79 Å². The SMILES string of the molecule is CCc1cc(Oc2ccc3c(c2)CCCC3=O)n2ncnc2n1. The highest BCUT2D eigenvalue weighted by Crippen LogP contribution is 2.28. The van der Waals surface area contributed by atoms with Crippen LogP contribution in [0.4, 0.5) is 0 Å². The van der Waals surface area contributed by atoms with Crippen LogP contribution in [0.15, 0.2) is 30.6 Å². The predicted molar refractivity (Wildman–Crippen MR) is 83.9 cm³/mol. The summed E-state index contributed by atoms with van der Waals surface area (Å²) < 4.78 is 7.58. The van der Waals surface area contributed by atoms with Crippen molar-refractivity contribution in [3.05, 3.63) is 47.4 Å². The molecule has 2 aromatic heterocycles. The zero-order chi connectivity index (χ0) is 15.8. The smallest absolute Gasteiger partial charge is 0.255 e. The predicted octanol–water partition coefficient (Wildman–Crippen LogP) is 3.00. The molecule has 1 aromatic carbocycles. The van der Waals surface area contributed by atoms with Crippen molar-refractivity contribution in [1.29, 1.82) is 0 Å². The summed E-state index contributed by atoms with van der Waals surface area (Å²) in [5.74, 6) is 2.01. The van der Waals surface area contributed by atoms with Crippen molar-refractivity contribution in [2.45, 2.75) is 32.6 Å². The maximum atomic E-state index is 11.9. The summed E-state index contributed by atoms with van der Waals surface area (Å²) in [6.45, 7) is 2.03. The lowest BCUT2D eigenvalue weighted by Gasteiger charge is -2.16. The topological polar surface area (TPSA) is 69.4 Å². The molecule has 2 heterocycles. The fourth-order valence-electron chi connectivity index (χ4n) is 2.89. The number of carbonyl (C=O) groups excluding carboxylic acids is 1. The van der Waals surface area contributed by atoms with Crippen LogP contribution in [-0.4, -0.2) is 25.4 Å². The van der Waals surface area contributed by atoms with E-state index < -0.39 is 0 Å². The summed E-state index contributed by atoms with van der Waals surface area (Å²) >= 11 is 0. The fraction of sp³-hybridized carbons (Fsp3) is 0.294. The van der Waals surface area contributed by atoms with Gasteiger partial charge in [0.25, 0.3) is 5.78 Å². The number of hydrogen-bond acceptors (Lipinski definition) is 5. The molecular weight excluding hydrogens is 292 g/mol. The van der Waals surface area contributed by atoms with E-state index >= 15 is 0 Å². The van der Waals surface area contributed by atoms with Gasteiger partial charge in [0.2, 0.25) is 5.88 Å². The Labute approximate surface area is 133 Å². The Hall–Kier alpha value is -2.76. The molecule has 4 rings (SSSR count). The second-order valence-electron chi connectivity index (χ2n) is 5.61. The lowest BCUT2D eigenvalue weighted by molar-refractivity contribution is 0.0972. The Morgan fingerprint density at radius 3 is 3.04 bits per heavy atom. The van der Waals surface area contributed by atoms with Gasteiger partial charge >= 0.3 is 0 Å². The van der Waals surface area contributed by atoms with Gasteiger partial charge < -0.3 is 4.74 Å². The summed E-state index contributed by atoms with van der Waals surface area (Å²) in [7, 11) is 0. The number of hydrogen-bond donors (Lipinski definition) is 0. The van der Waals surface area contributed by atoms with Gasteiger partial charge in [-0.15, -0.1) is 0 Å². The highest BCUT2D eigenvalue weighted by Gasteiger charge is 2.18. The summed E-state index contributed by atoms with van der Waals surface area (Å²) in [5, 5.41) is 4.15. The summed E-state index contributed by atoms with van der Waals surface area (Å²) in [6.07, 6.45) is 4.70. The number of nitrogens with zero attached hydrogens (tertiary/aromatic N) is 4. The normalized spacial score (nSPS) is 14.0. The molecule has 0 atom stereocenters. The van der Waals surface area contributed by atoms with E-state index in [9.17, 15) is 4.79 Å². The van der Waals surface area contributed by atoms with Gasteiger partial charge in [0.05, 0.1) is 0 Å². The number of carbonyl (C=O) groups is 1. The van der Waals surface area contributed by atoms with Crippen LogP contribution in [0.2, 0.25) is 0 Å². The highest BCUT2D eigenvalue weighted by atomic mass is 16.5. The largest absolute Gasteiger partial charge is 0.439 e. The summed E-state index contributed by atoms with van der Waals surface area (Å²) in [4.78, 5) is 20.4. The van der Waals surface area contributed by atoms with Gasteiger partial charge in [0.15, 0.2) is 5.78 Å². The minimum Gasteiger partial charge on any atom is -0.439 e. The molecule has 0 unspecified atom stereocenters. The zero-order valence-corrected chi connectivity index (χ0v) is 12.8. The first-order valence-electron chi connectivity index (χ1n) is 7.78. The molecule has 0 bridgehead atoms. The Morgan fingerprint density at radius 2 is 2.17 bits per heavy atom. The van der Waals surface area contributed by atoms with Crippen LogP contribution in [-0.2, 0) is 12.8 Å². The third kappa shape index (κ3) is 2.46. The van der Waals surface area contributed by atoms with Crippen LogP contribution in [0.3, 0.4) is 0 Å². The number of Topliss-reactive ketones (excluding diaryl/α,β-unsaturated/α-hetero) is 1. The molecular formula is C17H16N4O2. The molecule has 0 saturated carbocycles. The first-order chi connectivity index (χ1) is 11.2. The molecule has 6 heteroatoms. The minimum atomic E-state index is 0.216. The number of ketones is 1. The molecule has 0 spiro atoms. The first kappa shape index (κ1) is 13.9. The average molecular weight is 308 g/mol. The molecule has 0 N–H and O–H groups in total. The Kier molecular flexibility index (Phi) is 3.29. The van der Waals surface area contributed by atoms with E-state index in [-0.39, 0.29) is 5.78 Å². The van der Waals surface area contributed by atoms with Crippen molar-refractivity contribution in [3.63, 3.8) is 0 Å². The van der Waals surface area contributed by atoms with Crippen molar-refractivity contribution >= 4 is 11.6 Å². The van der Waals surface area contributed by atoms with E-state index in [1.54, 1.807) is 4.52 Å². The number of benzene rings is 1. The summed E-state index contributed by atoms with van der Waals surface area (Å²) in [5.41, 5.74) is 2.77. The molecule has 6 nitrogen and oxygen atoms in total. The highest BCUT2D eigenvalue weighted by molar-refractivity contribution is 5.98. The number of aryl methyl sites for hydroxylation is 2. The maximum absolute atomic E-state index is 11.9. The van der Waals surface area contributed by atoms with Crippen molar-refractivity contribution in [3.8, 4) is 11.6 Å². The van der Waals surface area contributed by atoms with Crippen molar-refractivity contribution in [2.24, 2.45) is 0 Å². The molecule has 1 aliphatic carbocycles. The maximum Gasteiger partial charge on any atom is 0.255 e. The molecule has 3 aromatic rings. The molecule has 116 valence electrons. The van der Waals surface area contributed by atoms with Crippen LogP contribution in [0.25, 0.3) is 5.78 Å². The van der Waals surface area contributed by atoms with Gasteiger partial charge in [-0.25, -0.2) is 4.98 Å². The molecule has 0 saturated heterocycles. The summed E-state index contributed by atoms with van der Waals surface area (Å²) in [6, 6.07) is 7.50. The molecule has 1 aliphatic rings. The zero-order valence-electron chi connectivity index (χ0n) is 12.8. The molecule has 0 amide bonds. The van der Waals surface area contributed by atoms with E-state index in [0.29, 0.717) is 23.8 Å². The third-order valence-corrected chi connectivity index (χ3v) is 4.08. The van der Waals surface area contributed by atoms with Crippen molar-refractivity contribution in [2.75, 3.05) is 0 Å². The van der Waals surface area contributed by atoms with Crippen molar-refractivity contribution < 1.29 is 9.53 Å². The van der Waals surface area contributed by atoms with Gasteiger partial charge in [-0.1, -0.05) is 6.92 Å². The molecule has 0 radical (unpaired) electrons. The van der Waals surface area contributed by atoms with E-state index in [4.69, 9.17) is 4.74 Å². The number of ether oxygens (including phenoxy) is 1. The minimum absolute atomic E-state index is 0.216. The molecule has 23 heavy (non-hydrogen) atoms. The third-order valence-electron chi connectivity index (χ3n) is 4.08. The Morgan fingerprint density at radius 1 is 1.26 bits per heavy atom. The van der Waals surface area contributed by atoms with Gasteiger partial charge in [0.1, 0.15) is 12.1 Å². The fourth-order valence-corrected chi connectivity index (χ4v) is 2.89. The van der Waals surface area contributed by atoms with Gasteiger partial charge in [-0.05, 0) is 43.0 Å². The second kappa shape index (κ2) is 5.46. The lowest BCUT2D eigenvalue weighted by Crippen LogP contribution is -2.10. The number of rotatable bonds is 3. The average Bonchev–Trinajstić information content (AvgIpc) is 3.03. The van der Waals surface area contributed by atoms with Crippen LogP contribution in [0.5, 0.6) is 11.6 Å². The van der Waals surface area contributed by atoms with Crippen molar-refractivity contribution in [1.82, 2.24) is 19.6 Å². The number of fused-ring (bicyclic) bond motifs is 2. The Bertz CT molecular complexity index is 901. The van der Waals surface area contributed by atoms with E-state index in [0.717, 1.165) is 36.1 Å². The Balaban J connectivity index is 1.73. The van der Waals surface area contributed by atoms with E-state index in [1.807, 2.05) is 31.2 Å². The monoisotopic (exact) mass is 308 g/mol. The van der Waals surface area contributed by atoms with E-state index in [1.165, 1.54) is 6.33 Å². The second-order valence-corrected chi connectivity index (χ2v) is 5.61. The first-order valence-corrected chi connectivity index (χ1v) is 7.78.